The Balaban J connectivity index is 0.000000775. The molecular weight excluding hydrogens is 587 g/mol. The molecular formula is C41H43NO3S. The van der Waals surface area contributed by atoms with E-state index in [4.69, 9.17) is 5.11 Å². The van der Waals surface area contributed by atoms with Crippen LogP contribution in [-0.4, -0.2) is 28.0 Å². The average molecular weight is 630 g/mol. The first-order valence-electron chi connectivity index (χ1n) is 15.6. The number of carboxylic acid groups (broad SMARTS) is 1. The fourth-order valence-corrected chi connectivity index (χ4v) is 6.96. The van der Waals surface area contributed by atoms with Gasteiger partial charge in [0.1, 0.15) is 0 Å². The van der Waals surface area contributed by atoms with Crippen molar-refractivity contribution in [3.05, 3.63) is 125 Å². The van der Waals surface area contributed by atoms with E-state index in [0.29, 0.717) is 0 Å². The maximum absolute atomic E-state index is 12.1. The van der Waals surface area contributed by atoms with E-state index in [1.165, 1.54) is 44.5 Å². The highest BCUT2D eigenvalue weighted by Crippen LogP contribution is 2.51. The summed E-state index contributed by atoms with van der Waals surface area (Å²) in [5, 5.41) is 18.5. The minimum Gasteiger partial charge on any atom is -0.481 e. The third-order valence-electron chi connectivity index (χ3n) is 8.25. The molecule has 0 bridgehead atoms. The molecule has 46 heavy (non-hydrogen) atoms. The smallest absolute Gasteiger partial charge is 0.307 e. The third-order valence-corrected chi connectivity index (χ3v) is 9.00. The van der Waals surface area contributed by atoms with E-state index in [-0.39, 0.29) is 6.42 Å². The lowest BCUT2D eigenvalue weighted by molar-refractivity contribution is -0.136. The van der Waals surface area contributed by atoms with Gasteiger partial charge in [-0.25, -0.2) is 0 Å². The molecule has 1 heterocycles. The quantitative estimate of drug-likeness (QED) is 0.183. The first-order chi connectivity index (χ1) is 21.9. The molecule has 5 aromatic carbocycles. The molecule has 0 aromatic heterocycles. The highest BCUT2D eigenvalue weighted by atomic mass is 32.2. The lowest BCUT2D eigenvalue weighted by Crippen LogP contribution is -2.22. The zero-order valence-electron chi connectivity index (χ0n) is 27.8. The second kappa shape index (κ2) is 13.6. The van der Waals surface area contributed by atoms with Crippen molar-refractivity contribution in [2.24, 2.45) is 0 Å². The van der Waals surface area contributed by atoms with Crippen molar-refractivity contribution in [2.75, 3.05) is 10.6 Å². The summed E-state index contributed by atoms with van der Waals surface area (Å²) in [6.45, 7) is 12.3. The van der Waals surface area contributed by atoms with Gasteiger partial charge in [-0.3, -0.25) is 4.79 Å². The largest absolute Gasteiger partial charge is 0.481 e. The molecule has 1 aliphatic rings. The first-order valence-corrected chi connectivity index (χ1v) is 16.8. The number of aliphatic hydroxyl groups is 1. The number of nitrogens with zero attached hydrogens (tertiary/aromatic N) is 1. The maximum atomic E-state index is 12.1. The zero-order valence-corrected chi connectivity index (χ0v) is 28.6. The number of hydrogen-bond donors (Lipinski definition) is 2. The van der Waals surface area contributed by atoms with Crippen LogP contribution in [0.5, 0.6) is 0 Å². The van der Waals surface area contributed by atoms with Gasteiger partial charge < -0.3 is 14.5 Å². The van der Waals surface area contributed by atoms with Gasteiger partial charge in [0.2, 0.25) is 0 Å². The summed E-state index contributed by atoms with van der Waals surface area (Å²) in [5.41, 5.74) is 15.4. The summed E-state index contributed by atoms with van der Waals surface area (Å²) < 4.78 is 2.32. The number of carbonyl (C=O) groups is 1. The highest BCUT2D eigenvalue weighted by molar-refractivity contribution is 7.99. The van der Waals surface area contributed by atoms with Gasteiger partial charge >= 0.3 is 5.97 Å². The summed E-state index contributed by atoms with van der Waals surface area (Å²) in [6, 6.07) is 34.4. The van der Waals surface area contributed by atoms with E-state index >= 15 is 0 Å². The number of aliphatic carboxylic acids is 1. The molecule has 236 valence electrons. The van der Waals surface area contributed by atoms with Crippen LogP contribution in [0.2, 0.25) is 0 Å². The molecule has 0 amide bonds. The third kappa shape index (κ3) is 7.06. The molecule has 0 spiro atoms. The van der Waals surface area contributed by atoms with E-state index in [1.54, 1.807) is 32.7 Å². The Hall–Kier alpha value is -4.32. The lowest BCUT2D eigenvalue weighted by Gasteiger charge is -2.36. The fourth-order valence-electron chi connectivity index (χ4n) is 6.28. The Bertz CT molecular complexity index is 1870. The lowest BCUT2D eigenvalue weighted by atomic mass is 9.80. The van der Waals surface area contributed by atoms with Crippen LogP contribution in [0.3, 0.4) is 0 Å². The molecule has 5 aromatic rings. The Morgan fingerprint density at radius 3 is 1.89 bits per heavy atom. The van der Waals surface area contributed by atoms with Crippen molar-refractivity contribution < 1.29 is 15.0 Å². The molecule has 6 rings (SSSR count). The summed E-state index contributed by atoms with van der Waals surface area (Å²) in [5.74, 6) is -0.812. The van der Waals surface area contributed by atoms with Gasteiger partial charge in [-0.15, -0.1) is 0 Å². The predicted octanol–water partition coefficient (Wildman–Crippen LogP) is 10.3. The van der Waals surface area contributed by atoms with Crippen molar-refractivity contribution in [1.29, 1.82) is 0 Å². The number of hydrogen-bond acceptors (Lipinski definition) is 4. The van der Waals surface area contributed by atoms with Gasteiger partial charge in [-0.1, -0.05) is 109 Å². The van der Waals surface area contributed by atoms with Crippen molar-refractivity contribution in [1.82, 2.24) is 0 Å². The Morgan fingerprint density at radius 2 is 1.30 bits per heavy atom. The molecule has 5 heteroatoms. The zero-order chi connectivity index (χ0) is 33.2. The topological polar surface area (TPSA) is 60.8 Å². The molecule has 0 aliphatic carbocycles. The fraction of sp³-hybridized carbons (Fsp3) is 0.244. The van der Waals surface area contributed by atoms with Crippen molar-refractivity contribution in [2.45, 2.75) is 60.1 Å². The number of aryl methyl sites for hydroxylation is 1. The van der Waals surface area contributed by atoms with Crippen molar-refractivity contribution in [3.8, 4) is 44.5 Å². The van der Waals surface area contributed by atoms with Crippen LogP contribution in [0.25, 0.3) is 44.5 Å². The van der Waals surface area contributed by atoms with Crippen LogP contribution in [0, 0.1) is 20.8 Å². The van der Waals surface area contributed by atoms with Crippen molar-refractivity contribution >= 4 is 23.6 Å². The molecule has 0 unspecified atom stereocenters. The summed E-state index contributed by atoms with van der Waals surface area (Å²) >= 11 is 1.69. The molecule has 0 saturated heterocycles. The van der Waals surface area contributed by atoms with Gasteiger partial charge in [-0.05, 0) is 109 Å². The number of benzene rings is 5. The van der Waals surface area contributed by atoms with E-state index < -0.39 is 11.6 Å². The normalized spacial score (nSPS) is 12.1. The number of anilines is 1. The van der Waals surface area contributed by atoms with Crippen molar-refractivity contribution in [3.63, 3.8) is 0 Å². The van der Waals surface area contributed by atoms with E-state index in [1.807, 2.05) is 0 Å². The average Bonchev–Trinajstić information content (AvgIpc) is 3.02. The summed E-state index contributed by atoms with van der Waals surface area (Å²) in [6.07, 6.45) is 2.08. The molecule has 4 nitrogen and oxygen atoms in total. The van der Waals surface area contributed by atoms with Crippen LogP contribution < -0.4 is 4.31 Å². The SMILES string of the molecule is CC(C)(C)O.CSN1Cc2ccc(-c3ccccc3-c3ccccc3)cc2-c2c(C)c(-c3ccc(C)cc3)c(CC(=O)O)c(C)c21. The summed E-state index contributed by atoms with van der Waals surface area (Å²) in [7, 11) is 0. The van der Waals surface area contributed by atoms with Crippen LogP contribution in [0.4, 0.5) is 5.69 Å². The second-order valence-corrected chi connectivity index (χ2v) is 13.7. The molecule has 0 radical (unpaired) electrons. The van der Waals surface area contributed by atoms with E-state index in [2.05, 4.69) is 128 Å². The van der Waals surface area contributed by atoms with Gasteiger partial charge in [0.05, 0.1) is 24.3 Å². The van der Waals surface area contributed by atoms with Crippen LogP contribution in [0.15, 0.2) is 97.1 Å². The Labute approximate surface area is 277 Å². The van der Waals surface area contributed by atoms with Crippen LogP contribution >= 0.6 is 11.9 Å². The molecule has 1 aliphatic heterocycles. The highest BCUT2D eigenvalue weighted by Gasteiger charge is 2.30. The van der Waals surface area contributed by atoms with E-state index in [9.17, 15) is 9.90 Å². The van der Waals surface area contributed by atoms with Gasteiger partial charge in [-0.2, -0.15) is 0 Å². The van der Waals surface area contributed by atoms with Crippen LogP contribution in [-0.2, 0) is 17.8 Å². The number of fused-ring (bicyclic) bond motifs is 3. The molecule has 0 saturated carbocycles. The second-order valence-electron chi connectivity index (χ2n) is 12.9. The number of carboxylic acids is 1. The molecule has 0 fully saturated rings. The first kappa shape index (κ1) is 33.1. The maximum Gasteiger partial charge on any atom is 0.307 e. The Morgan fingerprint density at radius 1 is 0.739 bits per heavy atom. The number of rotatable bonds is 6. The van der Waals surface area contributed by atoms with Gasteiger partial charge in [0.25, 0.3) is 0 Å². The van der Waals surface area contributed by atoms with Gasteiger partial charge in [0, 0.05) is 11.8 Å². The Kier molecular flexibility index (Phi) is 9.76. The minimum absolute atomic E-state index is 0.0112. The summed E-state index contributed by atoms with van der Waals surface area (Å²) in [4.78, 5) is 12.1. The van der Waals surface area contributed by atoms with Crippen LogP contribution in [0.1, 0.15) is 48.6 Å². The van der Waals surface area contributed by atoms with E-state index in [0.717, 1.165) is 40.0 Å². The predicted molar refractivity (Wildman–Crippen MR) is 195 cm³/mol. The van der Waals surface area contributed by atoms with Gasteiger partial charge in [0.15, 0.2) is 0 Å². The monoisotopic (exact) mass is 629 g/mol. The minimum atomic E-state index is -0.812. The molecule has 2 N–H and O–H groups in total. The molecule has 0 atom stereocenters. The standard InChI is InChI=1S/C37H33NO2S.C4H10O/c1-23-14-16-27(17-15-23)35-25(3)36-33-20-28(31-13-9-8-12-30(31)26-10-6-5-7-11-26)18-19-29(33)22-38(41-4)37(36)24(2)32(35)21-34(39)40;1-4(2,3)5/h5-20H,21-22H2,1-4H3,(H,39,40);5H,1-3H3.